The van der Waals surface area contributed by atoms with Crippen LogP contribution < -0.4 is 16.0 Å². The van der Waals surface area contributed by atoms with Crippen molar-refractivity contribution in [2.24, 2.45) is 0 Å². The molecule has 1 heterocycles. The first-order valence-electron chi connectivity index (χ1n) is 10.4. The Morgan fingerprint density at radius 3 is 2.22 bits per heavy atom. The highest BCUT2D eigenvalue weighted by atomic mass is 16.2. The molecule has 0 radical (unpaired) electrons. The van der Waals surface area contributed by atoms with Gasteiger partial charge in [-0.2, -0.15) is 0 Å². The molecule has 1 atom stereocenters. The maximum atomic E-state index is 13.0. The highest BCUT2D eigenvalue weighted by molar-refractivity contribution is 6.02. The molecule has 168 valence electrons. The number of likely N-dealkylation sites (N-methyl/N-ethyl adjacent to an activating group) is 1. The van der Waals surface area contributed by atoms with Gasteiger partial charge in [-0.1, -0.05) is 37.3 Å². The predicted molar refractivity (Wildman–Crippen MR) is 121 cm³/mol. The van der Waals surface area contributed by atoms with Crippen LogP contribution in [0.4, 0.5) is 16.2 Å². The van der Waals surface area contributed by atoms with Crippen molar-refractivity contribution in [2.45, 2.75) is 19.4 Å². The van der Waals surface area contributed by atoms with E-state index in [0.29, 0.717) is 17.9 Å². The number of imide groups is 1. The van der Waals surface area contributed by atoms with Gasteiger partial charge in [0.1, 0.15) is 6.04 Å². The molecule has 0 saturated carbocycles. The molecule has 2 aromatic carbocycles. The average Bonchev–Trinajstić information content (AvgIpc) is 3.11. The highest BCUT2D eigenvalue weighted by Crippen LogP contribution is 2.22. The zero-order chi connectivity index (χ0) is 23.1. The van der Waals surface area contributed by atoms with E-state index in [2.05, 4.69) is 16.0 Å². The van der Waals surface area contributed by atoms with Crippen LogP contribution in [0.1, 0.15) is 24.9 Å². The van der Waals surface area contributed by atoms with E-state index in [1.807, 2.05) is 49.2 Å². The van der Waals surface area contributed by atoms with Gasteiger partial charge in [0, 0.05) is 24.3 Å². The number of urea groups is 1. The summed E-state index contributed by atoms with van der Waals surface area (Å²) in [6.07, 6.45) is -0.000243. The Morgan fingerprint density at radius 1 is 1.03 bits per heavy atom. The maximum absolute atomic E-state index is 13.0. The van der Waals surface area contributed by atoms with Gasteiger partial charge < -0.3 is 16.0 Å². The van der Waals surface area contributed by atoms with Crippen molar-refractivity contribution < 1.29 is 19.2 Å². The van der Waals surface area contributed by atoms with Crippen molar-refractivity contribution in [3.8, 4) is 0 Å². The van der Waals surface area contributed by atoms with Gasteiger partial charge in [0.25, 0.3) is 0 Å². The Balaban J connectivity index is 1.56. The summed E-state index contributed by atoms with van der Waals surface area (Å²) in [5.41, 5.74) is 2.07. The third-order valence-electron chi connectivity index (χ3n) is 5.24. The number of rotatable bonds is 9. The van der Waals surface area contributed by atoms with Gasteiger partial charge in [0.05, 0.1) is 6.54 Å². The van der Waals surface area contributed by atoms with E-state index in [4.69, 9.17) is 0 Å². The van der Waals surface area contributed by atoms with E-state index in [0.717, 1.165) is 10.5 Å². The third-order valence-corrected chi connectivity index (χ3v) is 5.24. The molecule has 0 aliphatic carbocycles. The van der Waals surface area contributed by atoms with Crippen LogP contribution in [-0.4, -0.2) is 60.2 Å². The Morgan fingerprint density at radius 2 is 1.66 bits per heavy atom. The molecule has 1 saturated heterocycles. The second-order valence-electron chi connectivity index (χ2n) is 7.46. The number of carbonyl (C=O) groups excluding carboxylic acids is 4. The molecule has 1 unspecified atom stereocenters. The molecule has 3 N–H and O–H groups in total. The highest BCUT2D eigenvalue weighted by Gasteiger charge is 2.28. The monoisotopic (exact) mass is 437 g/mol. The molecule has 1 aliphatic rings. The zero-order valence-corrected chi connectivity index (χ0v) is 18.1. The van der Waals surface area contributed by atoms with Crippen LogP contribution in [0.5, 0.6) is 0 Å². The van der Waals surface area contributed by atoms with Crippen LogP contribution in [0, 0.1) is 0 Å². The molecule has 3 rings (SSSR count). The topological polar surface area (TPSA) is 111 Å². The van der Waals surface area contributed by atoms with Gasteiger partial charge in [0.2, 0.25) is 17.7 Å². The standard InChI is InChI=1S/C23H27N5O4/c1-3-27(2)21(16-7-5-4-6-8-16)22(31)26-18-11-9-17(10-12-18)25-19(29)13-14-28-20(30)15-24-23(28)32/h4-12,21H,3,13-15H2,1-2H3,(H,24,32)(H,25,29)(H,26,31). The fourth-order valence-electron chi connectivity index (χ4n) is 3.39. The summed E-state index contributed by atoms with van der Waals surface area (Å²) >= 11 is 0. The van der Waals surface area contributed by atoms with E-state index in [-0.39, 0.29) is 37.2 Å². The van der Waals surface area contributed by atoms with Gasteiger partial charge in [-0.25, -0.2) is 4.79 Å². The summed E-state index contributed by atoms with van der Waals surface area (Å²) in [5.74, 6) is -0.806. The number of anilines is 2. The number of hydrogen-bond acceptors (Lipinski definition) is 5. The lowest BCUT2D eigenvalue weighted by Crippen LogP contribution is -2.34. The minimum atomic E-state index is -0.481. The molecule has 0 aromatic heterocycles. The van der Waals surface area contributed by atoms with Crippen LogP contribution in [-0.2, 0) is 14.4 Å². The molecule has 2 aromatic rings. The Bertz CT molecular complexity index is 962. The summed E-state index contributed by atoms with van der Waals surface area (Å²) < 4.78 is 0. The molecule has 1 aliphatic heterocycles. The van der Waals surface area contributed by atoms with Gasteiger partial charge in [0.15, 0.2) is 0 Å². The van der Waals surface area contributed by atoms with Crippen LogP contribution in [0.2, 0.25) is 0 Å². The van der Waals surface area contributed by atoms with Crippen LogP contribution in [0.3, 0.4) is 0 Å². The summed E-state index contributed by atoms with van der Waals surface area (Å²) in [6.45, 7) is 2.69. The van der Waals surface area contributed by atoms with Gasteiger partial charge in [-0.15, -0.1) is 0 Å². The smallest absolute Gasteiger partial charge is 0.324 e. The van der Waals surface area contributed by atoms with Crippen molar-refractivity contribution in [1.29, 1.82) is 0 Å². The first-order chi connectivity index (χ1) is 15.4. The Hall–Kier alpha value is -3.72. The van der Waals surface area contributed by atoms with Gasteiger partial charge in [-0.05, 0) is 43.4 Å². The molecule has 9 nitrogen and oxygen atoms in total. The molecule has 1 fully saturated rings. The Kier molecular flexibility index (Phi) is 7.56. The van der Waals surface area contributed by atoms with Crippen LogP contribution in [0.25, 0.3) is 0 Å². The molecule has 0 bridgehead atoms. The molecular formula is C23H27N5O4. The van der Waals surface area contributed by atoms with Crippen LogP contribution in [0.15, 0.2) is 54.6 Å². The van der Waals surface area contributed by atoms with E-state index < -0.39 is 12.1 Å². The first kappa shape index (κ1) is 23.0. The van der Waals surface area contributed by atoms with Gasteiger partial charge in [-0.3, -0.25) is 24.2 Å². The number of amides is 5. The minimum absolute atomic E-state index is 0.000243. The number of benzene rings is 2. The lowest BCUT2D eigenvalue weighted by Gasteiger charge is -2.26. The zero-order valence-electron chi connectivity index (χ0n) is 18.1. The van der Waals surface area contributed by atoms with Crippen molar-refractivity contribution >= 4 is 35.1 Å². The van der Waals surface area contributed by atoms with E-state index in [9.17, 15) is 19.2 Å². The number of nitrogens with zero attached hydrogens (tertiary/aromatic N) is 2. The molecule has 5 amide bonds. The van der Waals surface area contributed by atoms with Gasteiger partial charge >= 0.3 is 6.03 Å². The van der Waals surface area contributed by atoms with Crippen molar-refractivity contribution in [1.82, 2.24) is 15.1 Å². The third kappa shape index (κ3) is 5.70. The summed E-state index contributed by atoms with van der Waals surface area (Å²) in [4.78, 5) is 51.1. The number of nitrogens with one attached hydrogen (secondary N) is 3. The number of hydrogen-bond donors (Lipinski definition) is 3. The first-order valence-corrected chi connectivity index (χ1v) is 10.4. The largest absolute Gasteiger partial charge is 0.329 e. The lowest BCUT2D eigenvalue weighted by atomic mass is 10.0. The van der Waals surface area contributed by atoms with E-state index in [1.54, 1.807) is 24.3 Å². The Labute approximate surface area is 186 Å². The molecule has 9 heteroatoms. The molecule has 32 heavy (non-hydrogen) atoms. The van der Waals surface area contributed by atoms with E-state index >= 15 is 0 Å². The fraction of sp³-hybridized carbons (Fsp3) is 0.304. The summed E-state index contributed by atoms with van der Waals surface area (Å²) in [6, 6.07) is 15.4. The SMILES string of the molecule is CCN(C)C(C(=O)Nc1ccc(NC(=O)CCN2C(=O)CNC2=O)cc1)c1ccccc1. The summed E-state index contributed by atoms with van der Waals surface area (Å²) in [5, 5.41) is 8.06. The molecule has 0 spiro atoms. The fourth-order valence-corrected chi connectivity index (χ4v) is 3.39. The quantitative estimate of drug-likeness (QED) is 0.521. The minimum Gasteiger partial charge on any atom is -0.329 e. The predicted octanol–water partition coefficient (Wildman–Crippen LogP) is 2.20. The van der Waals surface area contributed by atoms with Crippen LogP contribution >= 0.6 is 0 Å². The lowest BCUT2D eigenvalue weighted by molar-refractivity contribution is -0.125. The second-order valence-corrected chi connectivity index (χ2v) is 7.46. The van der Waals surface area contributed by atoms with Crippen molar-refractivity contribution in [3.63, 3.8) is 0 Å². The van der Waals surface area contributed by atoms with E-state index in [1.165, 1.54) is 0 Å². The summed E-state index contributed by atoms with van der Waals surface area (Å²) in [7, 11) is 1.90. The number of carbonyl (C=O) groups is 4. The average molecular weight is 438 g/mol. The normalized spacial score (nSPS) is 14.3. The maximum Gasteiger partial charge on any atom is 0.324 e. The molecular weight excluding hydrogens is 410 g/mol. The van der Waals surface area contributed by atoms with Crippen molar-refractivity contribution in [2.75, 3.05) is 37.3 Å². The second kappa shape index (κ2) is 10.5. The van der Waals surface area contributed by atoms with Crippen molar-refractivity contribution in [3.05, 3.63) is 60.2 Å².